The Bertz CT molecular complexity index is 1400. The average Bonchev–Trinajstić information content (AvgIpc) is 3.32. The zero-order chi connectivity index (χ0) is 25.7. The first kappa shape index (κ1) is 25.1. The molecule has 4 aromatic rings. The van der Waals surface area contributed by atoms with Crippen LogP contribution in [0, 0.1) is 6.92 Å². The van der Waals surface area contributed by atoms with Gasteiger partial charge in [-0.2, -0.15) is 0 Å². The van der Waals surface area contributed by atoms with Gasteiger partial charge >= 0.3 is 0 Å². The second kappa shape index (κ2) is 11.2. The molecule has 1 N–H and O–H groups in total. The normalized spacial score (nSPS) is 11.5. The van der Waals surface area contributed by atoms with Crippen molar-refractivity contribution in [2.75, 3.05) is 19.5 Å². The molecular formula is C31H33NO4. The fourth-order valence-corrected chi connectivity index (χ4v) is 4.47. The molecule has 0 saturated carbocycles. The van der Waals surface area contributed by atoms with Gasteiger partial charge in [0.1, 0.15) is 17.1 Å². The Morgan fingerprint density at radius 3 is 2.53 bits per heavy atom. The fraction of sp³-hybridized carbons (Fsp3) is 0.258. The highest BCUT2D eigenvalue weighted by atomic mass is 16.5. The summed E-state index contributed by atoms with van der Waals surface area (Å²) in [5.41, 5.74) is 7.29. The molecule has 0 fully saturated rings. The van der Waals surface area contributed by atoms with E-state index in [9.17, 15) is 4.79 Å². The maximum absolute atomic E-state index is 12.8. The van der Waals surface area contributed by atoms with Gasteiger partial charge in [-0.1, -0.05) is 37.6 Å². The van der Waals surface area contributed by atoms with Crippen LogP contribution in [0.2, 0.25) is 0 Å². The Balaban J connectivity index is 1.66. The van der Waals surface area contributed by atoms with E-state index in [4.69, 9.17) is 13.9 Å². The lowest BCUT2D eigenvalue weighted by Crippen LogP contribution is -2.08. The molecule has 1 heterocycles. The SMILES string of the molecule is CCCCc1ccc(NC(=O)/C=C(\C)c2cc3c(-c4cccc(OC)c4)coc3c(C)c2OC)cc1. The maximum Gasteiger partial charge on any atom is 0.248 e. The van der Waals surface area contributed by atoms with Gasteiger partial charge in [-0.15, -0.1) is 0 Å². The minimum atomic E-state index is -0.186. The number of unbranched alkanes of at least 4 members (excludes halogenated alkanes) is 1. The summed E-state index contributed by atoms with van der Waals surface area (Å²) in [6.07, 6.45) is 6.74. The molecule has 186 valence electrons. The van der Waals surface area contributed by atoms with Gasteiger partial charge < -0.3 is 19.2 Å². The first-order valence-electron chi connectivity index (χ1n) is 12.3. The molecule has 4 rings (SSSR count). The predicted molar refractivity (Wildman–Crippen MR) is 147 cm³/mol. The van der Waals surface area contributed by atoms with Crippen LogP contribution < -0.4 is 14.8 Å². The molecule has 0 radical (unpaired) electrons. The minimum Gasteiger partial charge on any atom is -0.497 e. The Kier molecular flexibility index (Phi) is 7.79. The van der Waals surface area contributed by atoms with Gasteiger partial charge in [0, 0.05) is 33.8 Å². The summed E-state index contributed by atoms with van der Waals surface area (Å²) in [6.45, 7) is 6.07. The molecule has 1 aromatic heterocycles. The van der Waals surface area contributed by atoms with Crippen LogP contribution in [0.1, 0.15) is 43.4 Å². The Hall–Kier alpha value is -3.99. The Labute approximate surface area is 212 Å². The van der Waals surface area contributed by atoms with E-state index in [0.717, 1.165) is 69.5 Å². The summed E-state index contributed by atoms with van der Waals surface area (Å²) < 4.78 is 17.1. The molecule has 5 nitrogen and oxygen atoms in total. The van der Waals surface area contributed by atoms with Crippen LogP contribution in [0.5, 0.6) is 11.5 Å². The standard InChI is InChI=1S/C31H33NO4/c1-6-7-9-22-12-14-24(15-13-22)32-29(33)16-20(2)26-18-27-28(23-10-8-11-25(17-23)34-4)19-36-31(27)21(3)30(26)35-5/h8,10-19H,6-7,9H2,1-5H3,(H,32,33)/b20-16+. The van der Waals surface area contributed by atoms with Gasteiger partial charge in [0.2, 0.25) is 5.91 Å². The van der Waals surface area contributed by atoms with Crippen molar-refractivity contribution in [1.29, 1.82) is 0 Å². The lowest BCUT2D eigenvalue weighted by Gasteiger charge is -2.13. The Morgan fingerprint density at radius 1 is 1.06 bits per heavy atom. The third-order valence-corrected chi connectivity index (χ3v) is 6.44. The smallest absolute Gasteiger partial charge is 0.248 e. The van der Waals surface area contributed by atoms with Gasteiger partial charge in [0.25, 0.3) is 0 Å². The molecule has 0 aliphatic carbocycles. The van der Waals surface area contributed by atoms with Gasteiger partial charge in [-0.25, -0.2) is 0 Å². The highest BCUT2D eigenvalue weighted by Crippen LogP contribution is 2.41. The molecule has 0 atom stereocenters. The van der Waals surface area contributed by atoms with Crippen LogP contribution in [0.15, 0.2) is 71.4 Å². The molecule has 0 aliphatic heterocycles. The van der Waals surface area contributed by atoms with E-state index in [0.29, 0.717) is 5.75 Å². The number of hydrogen-bond acceptors (Lipinski definition) is 4. The number of ether oxygens (including phenoxy) is 2. The van der Waals surface area contributed by atoms with E-state index in [-0.39, 0.29) is 5.91 Å². The number of hydrogen-bond donors (Lipinski definition) is 1. The zero-order valence-electron chi connectivity index (χ0n) is 21.6. The van der Waals surface area contributed by atoms with Crippen LogP contribution >= 0.6 is 0 Å². The fourth-order valence-electron chi connectivity index (χ4n) is 4.47. The summed E-state index contributed by atoms with van der Waals surface area (Å²) >= 11 is 0. The number of anilines is 1. The van der Waals surface area contributed by atoms with Gasteiger partial charge in [-0.05, 0) is 73.7 Å². The minimum absolute atomic E-state index is 0.186. The molecule has 0 unspecified atom stereocenters. The van der Waals surface area contributed by atoms with Crippen LogP contribution in [0.25, 0.3) is 27.7 Å². The lowest BCUT2D eigenvalue weighted by atomic mass is 9.96. The first-order valence-corrected chi connectivity index (χ1v) is 12.3. The van der Waals surface area contributed by atoms with Crippen molar-refractivity contribution in [3.63, 3.8) is 0 Å². The maximum atomic E-state index is 12.8. The number of allylic oxidation sites excluding steroid dienone is 1. The first-order chi connectivity index (χ1) is 17.4. The Morgan fingerprint density at radius 2 is 1.83 bits per heavy atom. The number of carbonyl (C=O) groups is 1. The van der Waals surface area contributed by atoms with Crippen molar-refractivity contribution >= 4 is 28.1 Å². The van der Waals surface area contributed by atoms with Crippen molar-refractivity contribution in [1.82, 2.24) is 0 Å². The second-order valence-electron chi connectivity index (χ2n) is 8.96. The highest BCUT2D eigenvalue weighted by molar-refractivity contribution is 6.06. The predicted octanol–water partition coefficient (Wildman–Crippen LogP) is 7.81. The number of carbonyl (C=O) groups excluding carboxylic acids is 1. The van der Waals surface area contributed by atoms with Crippen LogP contribution in [0.3, 0.4) is 0 Å². The number of methoxy groups -OCH3 is 2. The quantitative estimate of drug-likeness (QED) is 0.247. The molecular weight excluding hydrogens is 450 g/mol. The topological polar surface area (TPSA) is 60.7 Å². The number of nitrogens with one attached hydrogen (secondary N) is 1. The summed E-state index contributed by atoms with van der Waals surface area (Å²) in [5, 5.41) is 3.92. The number of furan rings is 1. The van der Waals surface area contributed by atoms with E-state index >= 15 is 0 Å². The van der Waals surface area contributed by atoms with Crippen molar-refractivity contribution in [3.8, 4) is 22.6 Å². The monoisotopic (exact) mass is 483 g/mol. The molecule has 0 spiro atoms. The highest BCUT2D eigenvalue weighted by Gasteiger charge is 2.19. The molecule has 3 aromatic carbocycles. The summed E-state index contributed by atoms with van der Waals surface area (Å²) in [7, 11) is 3.29. The molecule has 36 heavy (non-hydrogen) atoms. The molecule has 5 heteroatoms. The molecule has 1 amide bonds. The van der Waals surface area contributed by atoms with Crippen molar-refractivity contribution in [3.05, 3.63) is 83.6 Å². The number of aryl methyl sites for hydroxylation is 2. The average molecular weight is 484 g/mol. The summed E-state index contributed by atoms with van der Waals surface area (Å²) in [4.78, 5) is 12.8. The molecule has 0 bridgehead atoms. The number of benzene rings is 3. The summed E-state index contributed by atoms with van der Waals surface area (Å²) in [5.74, 6) is 1.28. The van der Waals surface area contributed by atoms with E-state index in [2.05, 4.69) is 24.4 Å². The number of amides is 1. The number of fused-ring (bicyclic) bond motifs is 1. The van der Waals surface area contributed by atoms with E-state index < -0.39 is 0 Å². The third-order valence-electron chi connectivity index (χ3n) is 6.44. The van der Waals surface area contributed by atoms with Gasteiger partial charge in [-0.3, -0.25) is 4.79 Å². The number of rotatable bonds is 9. The van der Waals surface area contributed by atoms with Gasteiger partial charge in [0.15, 0.2) is 0 Å². The van der Waals surface area contributed by atoms with Crippen LogP contribution in [-0.4, -0.2) is 20.1 Å². The second-order valence-corrected chi connectivity index (χ2v) is 8.96. The summed E-state index contributed by atoms with van der Waals surface area (Å²) in [6, 6.07) is 17.9. The van der Waals surface area contributed by atoms with Crippen LogP contribution in [-0.2, 0) is 11.2 Å². The van der Waals surface area contributed by atoms with E-state index in [1.807, 2.05) is 56.3 Å². The largest absolute Gasteiger partial charge is 0.497 e. The van der Waals surface area contributed by atoms with E-state index in [1.54, 1.807) is 26.6 Å². The van der Waals surface area contributed by atoms with Crippen molar-refractivity contribution in [2.24, 2.45) is 0 Å². The van der Waals surface area contributed by atoms with Gasteiger partial charge in [0.05, 0.1) is 20.5 Å². The van der Waals surface area contributed by atoms with Crippen LogP contribution in [0.4, 0.5) is 5.69 Å². The van der Waals surface area contributed by atoms with Crippen molar-refractivity contribution < 1.29 is 18.7 Å². The zero-order valence-corrected chi connectivity index (χ0v) is 21.6. The molecule has 0 aliphatic rings. The molecule has 0 saturated heterocycles. The lowest BCUT2D eigenvalue weighted by molar-refractivity contribution is -0.111. The van der Waals surface area contributed by atoms with E-state index in [1.165, 1.54) is 5.56 Å². The third kappa shape index (κ3) is 5.30. The van der Waals surface area contributed by atoms with Crippen molar-refractivity contribution in [2.45, 2.75) is 40.0 Å².